The van der Waals surface area contributed by atoms with E-state index in [1.165, 1.54) is 24.3 Å². The van der Waals surface area contributed by atoms with Gasteiger partial charge in [-0.25, -0.2) is 69.5 Å². The molecule has 12 rings (SSSR count). The van der Waals surface area contributed by atoms with Crippen LogP contribution in [0.1, 0.15) is 22.3 Å². The van der Waals surface area contributed by atoms with Crippen molar-refractivity contribution in [2.45, 2.75) is 46.3 Å². The maximum atomic E-state index is 15.1. The molecule has 0 fully saturated rings. The van der Waals surface area contributed by atoms with Crippen molar-refractivity contribution in [2.24, 2.45) is 0 Å². The maximum Gasteiger partial charge on any atom is 1.00 e. The van der Waals surface area contributed by atoms with Gasteiger partial charge in [-0.3, -0.25) is 0 Å². The zero-order valence-electron chi connectivity index (χ0n) is 61.1. The van der Waals surface area contributed by atoms with Crippen molar-refractivity contribution in [1.82, 2.24) is 0 Å². The van der Waals surface area contributed by atoms with E-state index in [0.29, 0.717) is 25.3 Å². The molecule has 0 aromatic heterocycles. The third kappa shape index (κ3) is 19.1. The molecule has 41 heteroatoms. The van der Waals surface area contributed by atoms with Gasteiger partial charge in [-0.1, -0.05) is 72.8 Å². The van der Waals surface area contributed by atoms with Crippen LogP contribution in [0, 0.1) is 113 Å². The Hall–Kier alpha value is -10.6. The van der Waals surface area contributed by atoms with Gasteiger partial charge < -0.3 is 33.0 Å². The predicted octanol–water partition coefficient (Wildman–Crippen LogP) is 16.0. The van der Waals surface area contributed by atoms with Gasteiger partial charge in [-0.15, -0.1) is 24.8 Å². The van der Waals surface area contributed by atoms with E-state index in [9.17, 15) is 82.9 Å². The molecule has 0 aliphatic carbocycles. The fourth-order valence-electron chi connectivity index (χ4n) is 11.5. The summed E-state index contributed by atoms with van der Waals surface area (Å²) in [6.45, 7) is 0.977. The van der Waals surface area contributed by atoms with Crippen LogP contribution >= 0.6 is 0 Å². The van der Waals surface area contributed by atoms with Crippen LogP contribution in [0.5, 0.6) is 57.5 Å². The average molecular weight is 1780 g/mol. The summed E-state index contributed by atoms with van der Waals surface area (Å²) in [6, 6.07) is 39.5. The molecule has 0 saturated carbocycles. The number of hydrogen-bond donors (Lipinski definition) is 0. The van der Waals surface area contributed by atoms with E-state index in [1.54, 1.807) is 50.6 Å². The number of alkyl halides is 6. The number of rotatable bonds is 19. The van der Waals surface area contributed by atoms with Gasteiger partial charge in [0.2, 0.25) is 40.2 Å². The van der Waals surface area contributed by atoms with Crippen molar-refractivity contribution in [3.05, 3.63) is 303 Å². The number of hydrogen-bond acceptors (Lipinski definition) is 14. The summed E-state index contributed by atoms with van der Waals surface area (Å²) in [5, 5.41) is 0. The Bertz CT molecular complexity index is 5930. The van der Waals surface area contributed by atoms with Crippen LogP contribution in [0.2, 0.25) is 0 Å². The first-order chi connectivity index (χ1) is 55.3. The second-order valence-electron chi connectivity index (χ2n) is 24.3. The zero-order chi connectivity index (χ0) is 86.9. The van der Waals surface area contributed by atoms with Gasteiger partial charge in [-0.05, 0) is 143 Å². The number of methoxy groups -OCH3 is 2. The van der Waals surface area contributed by atoms with Crippen molar-refractivity contribution in [2.75, 3.05) is 14.2 Å². The van der Waals surface area contributed by atoms with E-state index in [-0.39, 0.29) is 130 Å². The molecule has 0 heterocycles. The van der Waals surface area contributed by atoms with Gasteiger partial charge in [0.15, 0.2) is 79.6 Å². The number of sulfone groups is 1. The first kappa shape index (κ1) is 94.9. The summed E-state index contributed by atoms with van der Waals surface area (Å²) in [6.07, 6.45) is -12.9. The summed E-state index contributed by atoms with van der Waals surface area (Å²) < 4.78 is 444. The molecule has 616 valence electrons. The first-order valence-electron chi connectivity index (χ1n) is 32.4. The van der Waals surface area contributed by atoms with Crippen LogP contribution in [0.25, 0.3) is 44.5 Å². The van der Waals surface area contributed by atoms with E-state index in [2.05, 4.69) is 15.5 Å². The molecule has 120 heavy (non-hydrogen) atoms. The van der Waals surface area contributed by atoms with Crippen LogP contribution in [0.4, 0.5) is 96.6 Å². The Morgan fingerprint density at radius 1 is 0.342 bits per heavy atom. The second kappa shape index (κ2) is 37.6. The van der Waals surface area contributed by atoms with Crippen molar-refractivity contribution >= 4 is 30.6 Å². The fraction of sp³-hybridized carbons (Fsp3) is 0.0886. The molecule has 0 radical (unpaired) electrons. The van der Waals surface area contributed by atoms with Crippen molar-refractivity contribution in [1.29, 1.82) is 0 Å². The van der Waals surface area contributed by atoms with E-state index in [4.69, 9.17) is 31.6 Å². The van der Waals surface area contributed by atoms with E-state index in [0.717, 1.165) is 40.1 Å². The molecule has 0 aliphatic rings. The molecule has 0 saturated heterocycles. The van der Waals surface area contributed by atoms with Crippen LogP contribution < -0.4 is 87.5 Å². The molecule has 0 aliphatic heterocycles. The second-order valence-corrected chi connectivity index (χ2v) is 28.0. The van der Waals surface area contributed by atoms with Crippen molar-refractivity contribution in [3.8, 4) is 102 Å². The van der Waals surface area contributed by atoms with Crippen molar-refractivity contribution in [3.63, 3.8) is 0 Å². The monoisotopic (exact) mass is 1770 g/mol. The first-order valence-corrected chi connectivity index (χ1v) is 36.3. The summed E-state index contributed by atoms with van der Waals surface area (Å²) in [5.74, 6) is -45.1. The number of benzene rings is 12. The van der Waals surface area contributed by atoms with Gasteiger partial charge in [0, 0.05) is 16.9 Å². The molecule has 0 bridgehead atoms. The Kier molecular flexibility index (Phi) is 29.7. The molecular formula is C79H42F22Na2O14S3. The van der Waals surface area contributed by atoms with Gasteiger partial charge in [-0.2, -0.15) is 56.0 Å². The largest absolute Gasteiger partial charge is 1.00 e. The SMILES string of the molecule is COc1ccc(-c2ccc(Oc3[c-]cc(S(=O)(=O)c4ccc(Oc5ccc(-c6ccc(OC)cc6)cc5)c(S(=O)(=O)[O-])c4)cc3)cc2)cc1.Cc1c(F)c(F)c(-c2c(F)c(F)c(Oc3ccc(C(c4ccc(Oc5c(F)c(F)c(-c6c(F)c(F)c(C)c(F)c6F)c(F)c5F)cc4)(C(F)(F)F)C(F)(F)F)cc3)c(F)c2F)c(F)c1F.O=S(=O)=O.[Na+].[Na+]. The fourth-order valence-corrected chi connectivity index (χ4v) is 13.4. The molecule has 0 spiro atoms. The number of ether oxygens (including phenoxy) is 6. The van der Waals surface area contributed by atoms with Crippen molar-refractivity contribution < 1.29 is 218 Å². The molecule has 0 N–H and O–H groups in total. The maximum absolute atomic E-state index is 15.1. The Labute approximate surface area is 709 Å². The summed E-state index contributed by atoms with van der Waals surface area (Å²) in [4.78, 5) is -1.39. The van der Waals surface area contributed by atoms with Crippen LogP contribution in [0.15, 0.2) is 197 Å². The minimum absolute atomic E-state index is 0. The quantitative estimate of drug-likeness (QED) is 0.0243. The van der Waals surface area contributed by atoms with Crippen LogP contribution in [-0.2, 0) is 36.0 Å². The zero-order valence-corrected chi connectivity index (χ0v) is 67.5. The van der Waals surface area contributed by atoms with E-state index < -0.39 is 219 Å². The van der Waals surface area contributed by atoms with Crippen LogP contribution in [0.3, 0.4) is 0 Å². The van der Waals surface area contributed by atoms with Gasteiger partial charge in [0.25, 0.3) is 0 Å². The Morgan fingerprint density at radius 2 is 0.608 bits per heavy atom. The molecule has 0 amide bonds. The van der Waals surface area contributed by atoms with E-state index in [1.807, 2.05) is 60.7 Å². The third-order valence-corrected chi connectivity index (χ3v) is 20.0. The minimum Gasteiger partial charge on any atom is -0.744 e. The standard InChI is InChI=1S/C41H14F22O2.C38H29O9S2.2Na.O3S/c1-11-21(42)25(46)17(26(47)22(11)43)19-29(50)33(54)37(34(55)30(19)51)64-15-7-3-13(4-8-15)39(40(58,59)60,41(61,62)63)14-5-9-16(10-6-14)65-38-35(56)31(52)20(32(53)36(38)57)18-27(48)23(44)12(2)24(45)28(18)49;1-44-30-11-3-26(4-12-30)28-7-15-32(16-8-28)46-33-19-21-35(22-20-33)48(39,40)36-23-24-37(38(25-36)49(41,42)43)47-34-17-9-29(10-18-34)27-5-13-31(45-2)14-6-27;;;1-4(2)3/h3-10H,1-2H3;3-19,21-25H,1-2H3,(H,41,42,43);;;/q;-1;2*+1;/p-1. The molecule has 12 aromatic rings. The summed E-state index contributed by atoms with van der Waals surface area (Å²) in [5.41, 5.74) is -16.9. The molecule has 0 unspecified atom stereocenters. The van der Waals surface area contributed by atoms with Gasteiger partial charge in [0.1, 0.15) is 50.4 Å². The third-order valence-electron chi connectivity index (χ3n) is 17.3. The van der Waals surface area contributed by atoms with E-state index >= 15 is 35.1 Å². The normalized spacial score (nSPS) is 11.6. The Balaban J connectivity index is 0.000000291. The molecule has 14 nitrogen and oxygen atoms in total. The summed E-state index contributed by atoms with van der Waals surface area (Å²) >= 11 is 0. The van der Waals surface area contributed by atoms with Gasteiger partial charge in [0.05, 0.1) is 46.3 Å². The molecule has 0 atom stereocenters. The number of halogens is 22. The molecular weight excluding hydrogens is 1730 g/mol. The minimum atomic E-state index is -6.43. The summed E-state index contributed by atoms with van der Waals surface area (Å²) in [7, 11) is -9.30. The van der Waals surface area contributed by atoms with Gasteiger partial charge >= 0.3 is 82.1 Å². The van der Waals surface area contributed by atoms with Crippen LogP contribution in [-0.4, -0.2) is 60.6 Å². The average Bonchev–Trinajstić information content (AvgIpc) is 0.719. The Morgan fingerprint density at radius 3 is 0.883 bits per heavy atom. The topological polar surface area (TPSA) is 198 Å². The predicted molar refractivity (Wildman–Crippen MR) is 370 cm³/mol. The smallest absolute Gasteiger partial charge is 0.744 e. The molecule has 12 aromatic carbocycles.